The predicted molar refractivity (Wildman–Crippen MR) is 132 cm³/mol. The van der Waals surface area contributed by atoms with Gasteiger partial charge in [0.05, 0.1) is 17.0 Å². The van der Waals surface area contributed by atoms with Crippen molar-refractivity contribution in [3.63, 3.8) is 0 Å². The molecule has 2 N–H and O–H groups in total. The molecule has 176 valence electrons. The standard InChI is InChI=1S/C24H25ClFN7O/c1-13-10-33(11-14(2)28-13)20-5-4-17(23-18(20)9-27-21(8-25)30-23)24(34)29-16-6-15-12-32(3)31-22(15)19(26)7-16/h4-7,9,12-14,28H,8,10-11H2,1-3H3,(H,29,34)/t13-,14-/m0/s1. The number of aromatic nitrogens is 4. The molecule has 2 aromatic heterocycles. The van der Waals surface area contributed by atoms with Gasteiger partial charge in [-0.05, 0) is 38.1 Å². The van der Waals surface area contributed by atoms with Crippen LogP contribution in [0.1, 0.15) is 30.0 Å². The highest BCUT2D eigenvalue weighted by molar-refractivity contribution is 6.17. The summed E-state index contributed by atoms with van der Waals surface area (Å²) < 4.78 is 16.0. The number of hydrogen-bond acceptors (Lipinski definition) is 6. The molecule has 4 aromatic rings. The van der Waals surface area contributed by atoms with Crippen LogP contribution in [0.4, 0.5) is 15.8 Å². The van der Waals surface area contributed by atoms with Gasteiger partial charge < -0.3 is 15.5 Å². The highest BCUT2D eigenvalue weighted by Crippen LogP contribution is 2.31. The quantitative estimate of drug-likeness (QED) is 0.431. The molecule has 0 spiro atoms. The van der Waals surface area contributed by atoms with Crippen molar-refractivity contribution < 1.29 is 9.18 Å². The number of carbonyl (C=O) groups excluding carboxylic acids is 1. The molecule has 0 bridgehead atoms. The van der Waals surface area contributed by atoms with Crippen LogP contribution in [0.15, 0.2) is 36.7 Å². The molecule has 10 heteroatoms. The summed E-state index contributed by atoms with van der Waals surface area (Å²) in [5.41, 5.74) is 2.46. The van der Waals surface area contributed by atoms with Crippen LogP contribution < -0.4 is 15.5 Å². The predicted octanol–water partition coefficient (Wildman–Crippen LogP) is 3.83. The third-order valence-corrected chi connectivity index (χ3v) is 6.21. The van der Waals surface area contributed by atoms with Crippen LogP contribution in [0.3, 0.4) is 0 Å². The summed E-state index contributed by atoms with van der Waals surface area (Å²) in [5.74, 6) is -0.320. The summed E-state index contributed by atoms with van der Waals surface area (Å²) in [6.07, 6.45) is 3.43. The molecule has 2 aromatic carbocycles. The number of hydrogen-bond donors (Lipinski definition) is 2. The second kappa shape index (κ2) is 8.81. The van der Waals surface area contributed by atoms with Crippen LogP contribution in [-0.4, -0.2) is 50.8 Å². The fraction of sp³-hybridized carbons (Fsp3) is 0.333. The van der Waals surface area contributed by atoms with Crippen molar-refractivity contribution in [2.75, 3.05) is 23.3 Å². The summed E-state index contributed by atoms with van der Waals surface area (Å²) in [5, 5.41) is 11.8. The van der Waals surface area contributed by atoms with Crippen molar-refractivity contribution in [1.82, 2.24) is 25.1 Å². The van der Waals surface area contributed by atoms with E-state index in [1.54, 1.807) is 31.6 Å². The average molecular weight is 482 g/mol. The van der Waals surface area contributed by atoms with Crippen LogP contribution in [0, 0.1) is 5.82 Å². The topological polar surface area (TPSA) is 88.0 Å². The number of amides is 1. The van der Waals surface area contributed by atoms with Gasteiger partial charge in [-0.15, -0.1) is 11.6 Å². The summed E-state index contributed by atoms with van der Waals surface area (Å²) >= 11 is 6.00. The van der Waals surface area contributed by atoms with Crippen LogP contribution >= 0.6 is 11.6 Å². The van der Waals surface area contributed by atoms with E-state index < -0.39 is 5.82 Å². The molecule has 1 aliphatic heterocycles. The largest absolute Gasteiger partial charge is 0.368 e. The monoisotopic (exact) mass is 481 g/mol. The summed E-state index contributed by atoms with van der Waals surface area (Å²) in [6, 6.07) is 7.30. The Morgan fingerprint density at radius 2 is 2.00 bits per heavy atom. The number of fused-ring (bicyclic) bond motifs is 2. The van der Waals surface area contributed by atoms with Gasteiger partial charge in [0.2, 0.25) is 0 Å². The molecule has 0 aliphatic carbocycles. The third-order valence-electron chi connectivity index (χ3n) is 5.97. The van der Waals surface area contributed by atoms with E-state index in [1.807, 2.05) is 6.07 Å². The van der Waals surface area contributed by atoms with E-state index in [4.69, 9.17) is 11.6 Å². The first-order chi connectivity index (χ1) is 16.3. The van der Waals surface area contributed by atoms with E-state index in [1.165, 1.54) is 10.7 Å². The number of benzene rings is 2. The highest BCUT2D eigenvalue weighted by atomic mass is 35.5. The lowest BCUT2D eigenvalue weighted by molar-refractivity contribution is 0.102. The van der Waals surface area contributed by atoms with Gasteiger partial charge in [-0.25, -0.2) is 14.4 Å². The molecule has 0 saturated carbocycles. The first kappa shape index (κ1) is 22.5. The lowest BCUT2D eigenvalue weighted by atomic mass is 10.0. The third kappa shape index (κ3) is 4.17. The number of aryl methyl sites for hydroxylation is 1. The fourth-order valence-corrected chi connectivity index (χ4v) is 4.80. The molecule has 1 fully saturated rings. The minimum Gasteiger partial charge on any atom is -0.368 e. The number of nitrogens with zero attached hydrogens (tertiary/aromatic N) is 5. The molecule has 1 aliphatic rings. The van der Waals surface area contributed by atoms with Crippen molar-refractivity contribution in [2.45, 2.75) is 31.8 Å². The zero-order valence-corrected chi connectivity index (χ0v) is 19.9. The Labute approximate surface area is 201 Å². The van der Waals surface area contributed by atoms with Gasteiger partial charge in [0, 0.05) is 66.8 Å². The van der Waals surface area contributed by atoms with Gasteiger partial charge in [0.1, 0.15) is 11.3 Å². The maximum absolute atomic E-state index is 14.5. The Morgan fingerprint density at radius 1 is 1.24 bits per heavy atom. The first-order valence-electron chi connectivity index (χ1n) is 11.1. The minimum absolute atomic E-state index is 0.131. The van der Waals surface area contributed by atoms with Gasteiger partial charge in [-0.1, -0.05) is 0 Å². The van der Waals surface area contributed by atoms with Gasteiger partial charge >= 0.3 is 0 Å². The molecule has 2 atom stereocenters. The van der Waals surface area contributed by atoms with Crippen LogP contribution in [0.5, 0.6) is 0 Å². The van der Waals surface area contributed by atoms with E-state index in [0.29, 0.717) is 40.1 Å². The summed E-state index contributed by atoms with van der Waals surface area (Å²) in [4.78, 5) is 24.5. The Bertz CT molecular complexity index is 1400. The number of alkyl halides is 1. The number of carbonyl (C=O) groups is 1. The average Bonchev–Trinajstić information content (AvgIpc) is 3.18. The van der Waals surface area contributed by atoms with E-state index in [2.05, 4.69) is 44.4 Å². The molecule has 34 heavy (non-hydrogen) atoms. The Hall–Kier alpha value is -3.30. The van der Waals surface area contributed by atoms with Gasteiger partial charge in [-0.2, -0.15) is 5.10 Å². The van der Waals surface area contributed by atoms with Crippen molar-refractivity contribution in [2.24, 2.45) is 7.05 Å². The first-order valence-corrected chi connectivity index (χ1v) is 11.7. The van der Waals surface area contributed by atoms with Gasteiger partial charge in [-0.3, -0.25) is 9.48 Å². The van der Waals surface area contributed by atoms with Gasteiger partial charge in [0.15, 0.2) is 5.82 Å². The zero-order valence-electron chi connectivity index (χ0n) is 19.1. The zero-order chi connectivity index (χ0) is 24.0. The van der Waals surface area contributed by atoms with E-state index in [-0.39, 0.29) is 17.3 Å². The Balaban J connectivity index is 1.54. The van der Waals surface area contributed by atoms with E-state index >= 15 is 0 Å². The SMILES string of the molecule is C[C@H]1CN(c2ccc(C(=O)Nc3cc(F)c4nn(C)cc4c3)c3nc(CCl)ncc23)C[C@H](C)N1. The van der Waals surface area contributed by atoms with E-state index in [9.17, 15) is 9.18 Å². The summed E-state index contributed by atoms with van der Waals surface area (Å²) in [6.45, 7) is 5.94. The van der Waals surface area contributed by atoms with Crippen molar-refractivity contribution in [3.8, 4) is 0 Å². The molecule has 1 amide bonds. The van der Waals surface area contributed by atoms with Crippen molar-refractivity contribution in [1.29, 1.82) is 0 Å². The maximum Gasteiger partial charge on any atom is 0.257 e. The second-order valence-corrected chi connectivity index (χ2v) is 9.11. The van der Waals surface area contributed by atoms with Gasteiger partial charge in [0.25, 0.3) is 5.91 Å². The number of halogens is 2. The van der Waals surface area contributed by atoms with Crippen LogP contribution in [0.25, 0.3) is 21.8 Å². The molecule has 5 rings (SSSR count). The Morgan fingerprint density at radius 3 is 2.74 bits per heavy atom. The summed E-state index contributed by atoms with van der Waals surface area (Å²) in [7, 11) is 1.72. The molecule has 0 unspecified atom stereocenters. The second-order valence-electron chi connectivity index (χ2n) is 8.84. The fourth-order valence-electron chi connectivity index (χ4n) is 4.67. The number of anilines is 2. The van der Waals surface area contributed by atoms with Crippen molar-refractivity contribution in [3.05, 3.63) is 53.9 Å². The maximum atomic E-state index is 14.5. The smallest absolute Gasteiger partial charge is 0.257 e. The highest BCUT2D eigenvalue weighted by Gasteiger charge is 2.24. The number of nitrogens with one attached hydrogen (secondary N) is 2. The molecule has 1 saturated heterocycles. The Kier molecular flexibility index (Phi) is 5.83. The molecule has 8 nitrogen and oxygen atoms in total. The minimum atomic E-state index is -0.498. The number of rotatable bonds is 4. The lowest BCUT2D eigenvalue weighted by Crippen LogP contribution is -2.54. The van der Waals surface area contributed by atoms with E-state index in [0.717, 1.165) is 24.2 Å². The molecular weight excluding hydrogens is 457 g/mol. The van der Waals surface area contributed by atoms with Crippen molar-refractivity contribution >= 4 is 50.7 Å². The lowest BCUT2D eigenvalue weighted by Gasteiger charge is -2.38. The van der Waals surface area contributed by atoms with Crippen LogP contribution in [-0.2, 0) is 12.9 Å². The molecular formula is C24H25ClFN7O. The molecule has 3 heterocycles. The molecule has 0 radical (unpaired) electrons. The normalized spacial score (nSPS) is 18.6. The van der Waals surface area contributed by atoms with Crippen LogP contribution in [0.2, 0.25) is 0 Å². The number of piperazine rings is 1.